The molecule has 0 unspecified atom stereocenters. The monoisotopic (exact) mass is 259 g/mol. The lowest BCUT2D eigenvalue weighted by Gasteiger charge is -2.33. The van der Waals surface area contributed by atoms with Crippen LogP contribution in [0.2, 0.25) is 5.28 Å². The van der Waals surface area contributed by atoms with Gasteiger partial charge < -0.3 is 5.32 Å². The van der Waals surface area contributed by atoms with E-state index in [9.17, 15) is 4.39 Å². The van der Waals surface area contributed by atoms with Gasteiger partial charge in [-0.25, -0.2) is 9.37 Å². The lowest BCUT2D eigenvalue weighted by molar-refractivity contribution is 0.301. The summed E-state index contributed by atoms with van der Waals surface area (Å²) in [4.78, 5) is 7.44. The Morgan fingerprint density at radius 2 is 1.88 bits per heavy atom. The van der Waals surface area contributed by atoms with Crippen molar-refractivity contribution >= 4 is 17.4 Å². The molecule has 0 saturated carbocycles. The highest BCUT2D eigenvalue weighted by molar-refractivity contribution is 6.28. The number of rotatable bonds is 3. The third-order valence-electron chi connectivity index (χ3n) is 2.14. The molecule has 3 nitrogen and oxygen atoms in total. The topological polar surface area (TPSA) is 37.8 Å². The molecule has 0 fully saturated rings. The van der Waals surface area contributed by atoms with Crippen molar-refractivity contribution < 1.29 is 4.39 Å². The zero-order valence-corrected chi connectivity index (χ0v) is 11.7. The van der Waals surface area contributed by atoms with Crippen LogP contribution in [0.4, 0.5) is 10.2 Å². The molecular weight excluding hydrogens is 241 g/mol. The van der Waals surface area contributed by atoms with E-state index < -0.39 is 5.82 Å². The van der Waals surface area contributed by atoms with Crippen LogP contribution in [-0.2, 0) is 0 Å². The van der Waals surface area contributed by atoms with Gasteiger partial charge in [-0.2, -0.15) is 4.98 Å². The fraction of sp³-hybridized carbons (Fsp3) is 0.667. The van der Waals surface area contributed by atoms with Crippen molar-refractivity contribution in [1.82, 2.24) is 9.97 Å². The second kappa shape index (κ2) is 4.77. The van der Waals surface area contributed by atoms with E-state index in [0.29, 0.717) is 0 Å². The van der Waals surface area contributed by atoms with Crippen molar-refractivity contribution in [3.63, 3.8) is 0 Å². The van der Waals surface area contributed by atoms with Crippen LogP contribution < -0.4 is 5.32 Å². The fourth-order valence-corrected chi connectivity index (χ4v) is 2.26. The number of nitrogens with one attached hydrogen (secondary N) is 1. The zero-order valence-electron chi connectivity index (χ0n) is 10.9. The van der Waals surface area contributed by atoms with E-state index in [-0.39, 0.29) is 22.1 Å². The molecule has 0 aliphatic rings. The maximum Gasteiger partial charge on any atom is 0.224 e. The number of aromatic nitrogens is 2. The average molecular weight is 260 g/mol. The molecule has 17 heavy (non-hydrogen) atoms. The minimum Gasteiger partial charge on any atom is -0.363 e. The van der Waals surface area contributed by atoms with E-state index in [0.717, 1.165) is 12.6 Å². The van der Waals surface area contributed by atoms with Gasteiger partial charge in [0.15, 0.2) is 11.6 Å². The summed E-state index contributed by atoms with van der Waals surface area (Å²) in [5.74, 6) is -0.337. The van der Waals surface area contributed by atoms with Gasteiger partial charge in [0, 0.05) is 5.54 Å². The summed E-state index contributed by atoms with van der Waals surface area (Å²) in [7, 11) is 0. The molecule has 5 heteroatoms. The summed E-state index contributed by atoms with van der Waals surface area (Å²) in [6.07, 6.45) is 1.95. The molecule has 0 bridgehead atoms. The summed E-state index contributed by atoms with van der Waals surface area (Å²) >= 11 is 5.65. The van der Waals surface area contributed by atoms with E-state index in [1.165, 1.54) is 0 Å². The molecule has 1 N–H and O–H groups in total. The van der Waals surface area contributed by atoms with Crippen molar-refractivity contribution in [3.8, 4) is 0 Å². The Balaban J connectivity index is 2.86. The number of hydrogen-bond acceptors (Lipinski definition) is 3. The standard InChI is InChI=1S/C12H19ClFN3/c1-11(2,3)7-12(4,5)17-9-8(14)6-15-10(13)16-9/h6H,7H2,1-5H3,(H,15,16,17). The predicted octanol–water partition coefficient (Wildman–Crippen LogP) is 3.90. The van der Waals surface area contributed by atoms with E-state index >= 15 is 0 Å². The van der Waals surface area contributed by atoms with E-state index in [1.807, 2.05) is 13.8 Å². The Kier molecular flexibility index (Phi) is 3.97. The Morgan fingerprint density at radius 3 is 2.41 bits per heavy atom. The van der Waals surface area contributed by atoms with Crippen LogP contribution in [0.15, 0.2) is 6.20 Å². The van der Waals surface area contributed by atoms with Crippen LogP contribution in [0.3, 0.4) is 0 Å². The third kappa shape index (κ3) is 4.86. The lowest BCUT2D eigenvalue weighted by atomic mass is 9.82. The van der Waals surface area contributed by atoms with Crippen molar-refractivity contribution in [2.75, 3.05) is 5.32 Å². The summed E-state index contributed by atoms with van der Waals surface area (Å²) in [6, 6.07) is 0. The molecule has 0 aliphatic carbocycles. The third-order valence-corrected chi connectivity index (χ3v) is 2.33. The highest BCUT2D eigenvalue weighted by Crippen LogP contribution is 2.29. The second-order valence-corrected chi connectivity index (χ2v) is 6.42. The first-order valence-corrected chi connectivity index (χ1v) is 5.93. The number of halogens is 2. The molecule has 1 heterocycles. The summed E-state index contributed by atoms with van der Waals surface area (Å²) in [5, 5.41) is 3.12. The number of nitrogens with zero attached hydrogens (tertiary/aromatic N) is 2. The van der Waals surface area contributed by atoms with Crippen LogP contribution in [0.5, 0.6) is 0 Å². The van der Waals surface area contributed by atoms with Gasteiger partial charge in [0.05, 0.1) is 6.20 Å². The molecule has 1 rings (SSSR count). The maximum absolute atomic E-state index is 13.5. The zero-order chi connectivity index (χ0) is 13.3. The smallest absolute Gasteiger partial charge is 0.224 e. The maximum atomic E-state index is 13.5. The Bertz CT molecular complexity index is 399. The molecule has 96 valence electrons. The number of hydrogen-bond donors (Lipinski definition) is 1. The summed E-state index contributed by atoms with van der Waals surface area (Å²) in [6.45, 7) is 10.4. The van der Waals surface area contributed by atoms with Crippen molar-refractivity contribution in [3.05, 3.63) is 17.3 Å². The first kappa shape index (κ1) is 14.2. The van der Waals surface area contributed by atoms with Crippen LogP contribution in [0.1, 0.15) is 41.0 Å². The molecule has 0 saturated heterocycles. The summed E-state index contributed by atoms with van der Waals surface area (Å²) < 4.78 is 13.5. The minimum absolute atomic E-state index is 0.0421. The SMILES string of the molecule is CC(C)(C)CC(C)(C)Nc1nc(Cl)ncc1F. The Labute approximate surface area is 107 Å². The molecule has 0 aliphatic heterocycles. The van der Waals surface area contributed by atoms with Crippen LogP contribution in [-0.4, -0.2) is 15.5 Å². The van der Waals surface area contributed by atoms with Crippen LogP contribution in [0.25, 0.3) is 0 Å². The fourth-order valence-electron chi connectivity index (χ4n) is 2.12. The van der Waals surface area contributed by atoms with Crippen molar-refractivity contribution in [2.45, 2.75) is 46.6 Å². The highest BCUT2D eigenvalue weighted by Gasteiger charge is 2.26. The first-order valence-electron chi connectivity index (χ1n) is 5.55. The van der Waals surface area contributed by atoms with Gasteiger partial charge in [0.25, 0.3) is 0 Å². The normalized spacial score (nSPS) is 12.6. The van der Waals surface area contributed by atoms with Gasteiger partial charge in [-0.05, 0) is 37.3 Å². The molecule has 0 amide bonds. The molecular formula is C12H19ClFN3. The largest absolute Gasteiger partial charge is 0.363 e. The van der Waals surface area contributed by atoms with Gasteiger partial charge in [0.1, 0.15) is 0 Å². The number of anilines is 1. The van der Waals surface area contributed by atoms with E-state index in [2.05, 4.69) is 36.1 Å². The van der Waals surface area contributed by atoms with Gasteiger partial charge in [0.2, 0.25) is 5.28 Å². The predicted molar refractivity (Wildman–Crippen MR) is 68.8 cm³/mol. The minimum atomic E-state index is -0.489. The highest BCUT2D eigenvalue weighted by atomic mass is 35.5. The van der Waals surface area contributed by atoms with E-state index in [4.69, 9.17) is 11.6 Å². The Morgan fingerprint density at radius 1 is 1.29 bits per heavy atom. The van der Waals surface area contributed by atoms with Crippen LogP contribution >= 0.6 is 11.6 Å². The van der Waals surface area contributed by atoms with Crippen molar-refractivity contribution in [1.29, 1.82) is 0 Å². The van der Waals surface area contributed by atoms with Gasteiger partial charge in [-0.15, -0.1) is 0 Å². The molecule has 1 aromatic heterocycles. The molecule has 0 aromatic carbocycles. The average Bonchev–Trinajstić information content (AvgIpc) is 2.06. The molecule has 1 aromatic rings. The van der Waals surface area contributed by atoms with Gasteiger partial charge in [-0.1, -0.05) is 20.8 Å². The summed E-state index contributed by atoms with van der Waals surface area (Å²) in [5.41, 5.74) is -0.124. The Hall–Kier alpha value is -0.900. The van der Waals surface area contributed by atoms with Crippen molar-refractivity contribution in [2.24, 2.45) is 5.41 Å². The lowest BCUT2D eigenvalue weighted by Crippen LogP contribution is -2.36. The van der Waals surface area contributed by atoms with Gasteiger partial charge in [-0.3, -0.25) is 0 Å². The van der Waals surface area contributed by atoms with Crippen LogP contribution in [0, 0.1) is 11.2 Å². The second-order valence-electron chi connectivity index (χ2n) is 6.08. The molecule has 0 spiro atoms. The molecule has 0 radical (unpaired) electrons. The quantitative estimate of drug-likeness (QED) is 0.837. The first-order chi connectivity index (χ1) is 7.59. The van der Waals surface area contributed by atoms with E-state index in [1.54, 1.807) is 0 Å². The van der Waals surface area contributed by atoms with Gasteiger partial charge >= 0.3 is 0 Å². The molecule has 0 atom stereocenters.